The largest absolute Gasteiger partial charge is 0.375 e. The Morgan fingerprint density at radius 3 is 3.00 bits per heavy atom. The maximum atomic E-state index is 11.0. The fourth-order valence-electron chi connectivity index (χ4n) is 0.629. The van der Waals surface area contributed by atoms with Gasteiger partial charge >= 0.3 is 0 Å². The summed E-state index contributed by atoms with van der Waals surface area (Å²) in [4.78, 5) is 11.0. The standard InChI is InChI=1S/C6H9N3O2S2/c1-11-3-4(10)7-5-8-9-6(12-2)13-5/h3H2,1-2H3,(H,7,8,10). The molecule has 0 radical (unpaired) electrons. The molecule has 0 fully saturated rings. The first-order valence-corrected chi connectivity index (χ1v) is 5.46. The van der Waals surface area contributed by atoms with E-state index in [2.05, 4.69) is 20.3 Å². The van der Waals surface area contributed by atoms with Gasteiger partial charge in [-0.15, -0.1) is 10.2 Å². The van der Waals surface area contributed by atoms with Gasteiger partial charge in [0.1, 0.15) is 6.61 Å². The Morgan fingerprint density at radius 2 is 2.46 bits per heavy atom. The smallest absolute Gasteiger partial charge is 0.252 e. The van der Waals surface area contributed by atoms with Crippen LogP contribution in [0.1, 0.15) is 0 Å². The molecule has 0 saturated carbocycles. The van der Waals surface area contributed by atoms with Gasteiger partial charge in [-0.05, 0) is 6.26 Å². The van der Waals surface area contributed by atoms with E-state index in [1.165, 1.54) is 30.2 Å². The lowest BCUT2D eigenvalue weighted by atomic mass is 10.6. The first-order valence-electron chi connectivity index (χ1n) is 3.42. The summed E-state index contributed by atoms with van der Waals surface area (Å²) in [6.45, 7) is 0.0359. The number of hydrogen-bond donors (Lipinski definition) is 1. The molecule has 1 heterocycles. The van der Waals surface area contributed by atoms with Gasteiger partial charge in [0.25, 0.3) is 5.91 Å². The lowest BCUT2D eigenvalue weighted by molar-refractivity contribution is -0.119. The van der Waals surface area contributed by atoms with Crippen molar-refractivity contribution in [2.45, 2.75) is 4.34 Å². The van der Waals surface area contributed by atoms with Crippen LogP contribution in [0.5, 0.6) is 0 Å². The van der Waals surface area contributed by atoms with Crippen molar-refractivity contribution in [2.24, 2.45) is 0 Å². The van der Waals surface area contributed by atoms with Crippen LogP contribution in [0, 0.1) is 0 Å². The summed E-state index contributed by atoms with van der Waals surface area (Å²) in [5, 5.41) is 10.7. The third kappa shape index (κ3) is 3.29. The lowest BCUT2D eigenvalue weighted by Crippen LogP contribution is -2.16. The van der Waals surface area contributed by atoms with Crippen LogP contribution >= 0.6 is 23.1 Å². The Bertz CT molecular complexity index is 289. The van der Waals surface area contributed by atoms with Crippen molar-refractivity contribution in [3.63, 3.8) is 0 Å². The molecule has 1 aromatic rings. The second-order valence-electron chi connectivity index (χ2n) is 2.06. The van der Waals surface area contributed by atoms with E-state index in [1.807, 2.05) is 6.26 Å². The first kappa shape index (κ1) is 10.4. The first-order chi connectivity index (χ1) is 6.26. The number of methoxy groups -OCH3 is 1. The summed E-state index contributed by atoms with van der Waals surface area (Å²) in [5.41, 5.74) is 0. The molecule has 0 bridgehead atoms. The van der Waals surface area contributed by atoms with Gasteiger partial charge in [0, 0.05) is 7.11 Å². The van der Waals surface area contributed by atoms with E-state index < -0.39 is 0 Å². The molecule has 0 saturated heterocycles. The summed E-state index contributed by atoms with van der Waals surface area (Å²) in [7, 11) is 1.47. The van der Waals surface area contributed by atoms with E-state index in [4.69, 9.17) is 0 Å². The van der Waals surface area contributed by atoms with E-state index in [0.717, 1.165) is 4.34 Å². The molecular formula is C6H9N3O2S2. The van der Waals surface area contributed by atoms with Crippen LogP contribution < -0.4 is 5.32 Å². The molecule has 13 heavy (non-hydrogen) atoms. The van der Waals surface area contributed by atoms with E-state index in [9.17, 15) is 4.79 Å². The fourth-order valence-corrected chi connectivity index (χ4v) is 1.82. The zero-order valence-electron chi connectivity index (χ0n) is 7.23. The van der Waals surface area contributed by atoms with Crippen molar-refractivity contribution < 1.29 is 9.53 Å². The average Bonchev–Trinajstić information content (AvgIpc) is 2.52. The van der Waals surface area contributed by atoms with E-state index in [1.54, 1.807) is 0 Å². The number of rotatable bonds is 4. The van der Waals surface area contributed by atoms with Gasteiger partial charge in [0.2, 0.25) is 5.13 Å². The molecule has 1 amide bonds. The Kier molecular flexibility index (Phi) is 4.13. The maximum absolute atomic E-state index is 11.0. The van der Waals surface area contributed by atoms with Gasteiger partial charge in [-0.3, -0.25) is 10.1 Å². The number of hydrogen-bond acceptors (Lipinski definition) is 6. The van der Waals surface area contributed by atoms with Gasteiger partial charge < -0.3 is 4.74 Å². The quantitative estimate of drug-likeness (QED) is 0.600. The summed E-state index contributed by atoms with van der Waals surface area (Å²) in [6.07, 6.45) is 1.90. The van der Waals surface area contributed by atoms with E-state index in [-0.39, 0.29) is 12.5 Å². The normalized spacial score (nSPS) is 10.0. The Morgan fingerprint density at radius 1 is 1.69 bits per heavy atom. The van der Waals surface area contributed by atoms with Crippen LogP contribution in [-0.2, 0) is 9.53 Å². The monoisotopic (exact) mass is 219 g/mol. The zero-order chi connectivity index (χ0) is 9.68. The number of carbonyl (C=O) groups excluding carboxylic acids is 1. The molecule has 0 unspecified atom stereocenters. The van der Waals surface area contributed by atoms with Gasteiger partial charge in [0.05, 0.1) is 0 Å². The molecule has 5 nitrogen and oxygen atoms in total. The van der Waals surface area contributed by atoms with Crippen LogP contribution in [0.2, 0.25) is 0 Å². The molecule has 0 aliphatic rings. The van der Waals surface area contributed by atoms with Crippen molar-refractivity contribution >= 4 is 34.1 Å². The lowest BCUT2D eigenvalue weighted by Gasteiger charge is -1.97. The molecule has 0 aliphatic heterocycles. The van der Waals surface area contributed by atoms with E-state index in [0.29, 0.717) is 5.13 Å². The predicted molar refractivity (Wildman–Crippen MR) is 52.2 cm³/mol. The molecule has 7 heteroatoms. The molecule has 1 rings (SSSR count). The molecule has 72 valence electrons. The number of nitrogens with zero attached hydrogens (tertiary/aromatic N) is 2. The summed E-state index contributed by atoms with van der Waals surface area (Å²) < 4.78 is 5.47. The number of thioether (sulfide) groups is 1. The van der Waals surface area contributed by atoms with Crippen LogP contribution in [0.3, 0.4) is 0 Å². The van der Waals surface area contributed by atoms with Gasteiger partial charge in [-0.25, -0.2) is 0 Å². The summed E-state index contributed by atoms with van der Waals surface area (Å²) in [6, 6.07) is 0. The number of amides is 1. The SMILES string of the molecule is COCC(=O)Nc1nnc(SC)s1. The topological polar surface area (TPSA) is 64.1 Å². The van der Waals surface area contributed by atoms with Crippen molar-refractivity contribution in [3.8, 4) is 0 Å². The van der Waals surface area contributed by atoms with Crippen LogP contribution in [0.25, 0.3) is 0 Å². The van der Waals surface area contributed by atoms with Gasteiger partial charge in [-0.1, -0.05) is 23.1 Å². The highest BCUT2D eigenvalue weighted by Crippen LogP contribution is 2.22. The Labute approximate surface area is 83.9 Å². The predicted octanol–water partition coefficient (Wildman–Crippen LogP) is 0.845. The number of ether oxygens (including phenoxy) is 1. The maximum Gasteiger partial charge on any atom is 0.252 e. The molecule has 0 spiro atoms. The molecular weight excluding hydrogens is 210 g/mol. The number of carbonyl (C=O) groups is 1. The molecule has 0 atom stereocenters. The number of nitrogens with one attached hydrogen (secondary N) is 1. The zero-order valence-corrected chi connectivity index (χ0v) is 8.87. The highest BCUT2D eigenvalue weighted by Gasteiger charge is 2.06. The second kappa shape index (κ2) is 5.15. The third-order valence-corrected chi connectivity index (χ3v) is 2.92. The highest BCUT2D eigenvalue weighted by atomic mass is 32.2. The number of anilines is 1. The van der Waals surface area contributed by atoms with Crippen LogP contribution in [0.15, 0.2) is 4.34 Å². The van der Waals surface area contributed by atoms with Crippen molar-refractivity contribution in [2.75, 3.05) is 25.3 Å². The third-order valence-electron chi connectivity index (χ3n) is 1.10. The highest BCUT2D eigenvalue weighted by molar-refractivity contribution is 8.00. The second-order valence-corrected chi connectivity index (χ2v) is 4.09. The summed E-state index contributed by atoms with van der Waals surface area (Å²) in [5.74, 6) is -0.216. The molecule has 1 aromatic heterocycles. The minimum Gasteiger partial charge on any atom is -0.375 e. The van der Waals surface area contributed by atoms with Gasteiger partial charge in [0.15, 0.2) is 4.34 Å². The van der Waals surface area contributed by atoms with Crippen molar-refractivity contribution in [1.82, 2.24) is 10.2 Å². The average molecular weight is 219 g/mol. The molecule has 1 N–H and O–H groups in total. The van der Waals surface area contributed by atoms with Gasteiger partial charge in [-0.2, -0.15) is 0 Å². The number of aromatic nitrogens is 2. The fraction of sp³-hybridized carbons (Fsp3) is 0.500. The Hall–Kier alpha value is -0.660. The minimum atomic E-state index is -0.216. The van der Waals surface area contributed by atoms with Crippen molar-refractivity contribution in [1.29, 1.82) is 0 Å². The Balaban J connectivity index is 2.49. The van der Waals surface area contributed by atoms with Crippen LogP contribution in [0.4, 0.5) is 5.13 Å². The summed E-state index contributed by atoms with van der Waals surface area (Å²) >= 11 is 2.83. The van der Waals surface area contributed by atoms with Crippen LogP contribution in [-0.4, -0.2) is 36.1 Å². The van der Waals surface area contributed by atoms with Crippen molar-refractivity contribution in [3.05, 3.63) is 0 Å². The molecule has 0 aromatic carbocycles. The molecule has 0 aliphatic carbocycles. The minimum absolute atomic E-state index is 0.0359. The van der Waals surface area contributed by atoms with E-state index >= 15 is 0 Å².